The van der Waals surface area contributed by atoms with Crippen molar-refractivity contribution in [2.24, 2.45) is 0 Å². The van der Waals surface area contributed by atoms with Crippen molar-refractivity contribution in [3.05, 3.63) is 0 Å². The number of hydrogen-bond donors (Lipinski definition) is 0. The van der Waals surface area contributed by atoms with Crippen LogP contribution in [-0.2, 0) is 4.74 Å². The van der Waals surface area contributed by atoms with Crippen molar-refractivity contribution < 1.29 is 4.74 Å². The highest BCUT2D eigenvalue weighted by molar-refractivity contribution is 7.98. The Morgan fingerprint density at radius 2 is 2.29 bits per heavy atom. The van der Waals surface area contributed by atoms with Gasteiger partial charge in [0.1, 0.15) is 0 Å². The molecular formula is C10H20ClNOS. The van der Waals surface area contributed by atoms with Crippen LogP contribution >= 0.6 is 23.4 Å². The lowest BCUT2D eigenvalue weighted by Crippen LogP contribution is -2.53. The molecule has 0 N–H and O–H groups in total. The highest BCUT2D eigenvalue weighted by Gasteiger charge is 2.32. The maximum Gasteiger partial charge on any atom is 0.0844 e. The number of rotatable bonds is 4. The molecule has 0 aromatic rings. The predicted octanol–water partition coefficient (Wildman–Crippen LogP) is 2.07. The van der Waals surface area contributed by atoms with Gasteiger partial charge >= 0.3 is 0 Å². The van der Waals surface area contributed by atoms with Gasteiger partial charge in [-0.15, -0.1) is 11.6 Å². The molecule has 84 valence electrons. The molecule has 1 unspecified atom stereocenters. The molecule has 0 radical (unpaired) electrons. The molecule has 0 aromatic heterocycles. The Bertz CT molecular complexity index is 178. The van der Waals surface area contributed by atoms with E-state index in [-0.39, 0.29) is 11.7 Å². The third kappa shape index (κ3) is 3.97. The smallest absolute Gasteiger partial charge is 0.0844 e. The van der Waals surface area contributed by atoms with Crippen molar-refractivity contribution >= 4 is 23.4 Å². The number of halogens is 1. The zero-order valence-corrected chi connectivity index (χ0v) is 10.8. The first-order valence-electron chi connectivity index (χ1n) is 5.02. The van der Waals surface area contributed by atoms with Gasteiger partial charge in [0.15, 0.2) is 0 Å². The molecule has 2 nitrogen and oxygen atoms in total. The summed E-state index contributed by atoms with van der Waals surface area (Å²) in [5.74, 6) is 1.78. The predicted molar refractivity (Wildman–Crippen MR) is 64.5 cm³/mol. The third-order valence-corrected chi connectivity index (χ3v) is 3.27. The van der Waals surface area contributed by atoms with Gasteiger partial charge in [0.25, 0.3) is 0 Å². The first kappa shape index (κ1) is 12.6. The molecule has 1 atom stereocenters. The van der Waals surface area contributed by atoms with Crippen LogP contribution in [0.4, 0.5) is 0 Å². The molecule has 0 saturated carbocycles. The maximum atomic E-state index is 5.85. The van der Waals surface area contributed by atoms with Crippen LogP contribution in [0.25, 0.3) is 0 Å². The van der Waals surface area contributed by atoms with Gasteiger partial charge in [0, 0.05) is 31.3 Å². The first-order chi connectivity index (χ1) is 6.57. The van der Waals surface area contributed by atoms with Crippen LogP contribution in [-0.4, -0.2) is 54.1 Å². The molecule has 1 aliphatic rings. The van der Waals surface area contributed by atoms with Gasteiger partial charge in [-0.25, -0.2) is 0 Å². The Labute approximate surface area is 96.3 Å². The number of nitrogens with zero attached hydrogens (tertiary/aromatic N) is 1. The highest BCUT2D eigenvalue weighted by atomic mass is 35.5. The SMILES string of the molecule is CSCCN1CC(CCl)OC(C)(C)C1. The largest absolute Gasteiger partial charge is 0.368 e. The fourth-order valence-electron chi connectivity index (χ4n) is 1.89. The van der Waals surface area contributed by atoms with E-state index < -0.39 is 0 Å². The van der Waals surface area contributed by atoms with Crippen LogP contribution in [0.1, 0.15) is 13.8 Å². The van der Waals surface area contributed by atoms with E-state index in [9.17, 15) is 0 Å². The summed E-state index contributed by atoms with van der Waals surface area (Å²) in [6, 6.07) is 0. The van der Waals surface area contributed by atoms with Crippen molar-refractivity contribution in [3.8, 4) is 0 Å². The number of alkyl halides is 1. The molecule has 0 aliphatic carbocycles. The van der Waals surface area contributed by atoms with Crippen molar-refractivity contribution in [1.82, 2.24) is 4.90 Å². The van der Waals surface area contributed by atoms with Crippen LogP contribution in [0.2, 0.25) is 0 Å². The van der Waals surface area contributed by atoms with E-state index >= 15 is 0 Å². The molecule has 0 amide bonds. The molecule has 1 fully saturated rings. The summed E-state index contributed by atoms with van der Waals surface area (Å²) >= 11 is 7.74. The van der Waals surface area contributed by atoms with E-state index in [1.807, 2.05) is 11.8 Å². The lowest BCUT2D eigenvalue weighted by atomic mass is 10.1. The minimum absolute atomic E-state index is 0.0454. The second-order valence-corrected chi connectivity index (χ2v) is 5.68. The fourth-order valence-corrected chi connectivity index (χ4v) is 2.49. The summed E-state index contributed by atoms with van der Waals surface area (Å²) in [6.45, 7) is 7.41. The number of ether oxygens (including phenoxy) is 1. The highest BCUT2D eigenvalue weighted by Crippen LogP contribution is 2.21. The van der Waals surface area contributed by atoms with Crippen molar-refractivity contribution in [2.45, 2.75) is 25.6 Å². The average Bonchev–Trinajstić information content (AvgIpc) is 2.12. The standard InChI is InChI=1S/C10H20ClNOS/c1-10(2)8-12(4-5-14-3)7-9(6-11)13-10/h9H,4-8H2,1-3H3. The Kier molecular flexibility index (Phi) is 5.04. The van der Waals surface area contributed by atoms with Gasteiger partial charge in [0.2, 0.25) is 0 Å². The van der Waals surface area contributed by atoms with E-state index in [0.717, 1.165) is 19.6 Å². The number of thioether (sulfide) groups is 1. The second kappa shape index (κ2) is 5.59. The van der Waals surface area contributed by atoms with E-state index in [4.69, 9.17) is 16.3 Å². The summed E-state index contributed by atoms with van der Waals surface area (Å²) in [4.78, 5) is 2.45. The Hall–Kier alpha value is 0.560. The molecule has 0 bridgehead atoms. The van der Waals surface area contributed by atoms with Crippen LogP contribution in [0, 0.1) is 0 Å². The normalized spacial score (nSPS) is 27.9. The number of hydrogen-bond acceptors (Lipinski definition) is 3. The second-order valence-electron chi connectivity index (χ2n) is 4.38. The Morgan fingerprint density at radius 3 is 2.86 bits per heavy atom. The molecule has 1 rings (SSSR count). The lowest BCUT2D eigenvalue weighted by Gasteiger charge is -2.42. The summed E-state index contributed by atoms with van der Waals surface area (Å²) in [5, 5.41) is 0. The minimum atomic E-state index is -0.0454. The van der Waals surface area contributed by atoms with Crippen molar-refractivity contribution in [3.63, 3.8) is 0 Å². The van der Waals surface area contributed by atoms with Crippen LogP contribution in [0.15, 0.2) is 0 Å². The fraction of sp³-hybridized carbons (Fsp3) is 1.00. The van der Waals surface area contributed by atoms with Gasteiger partial charge in [-0.1, -0.05) is 0 Å². The van der Waals surface area contributed by atoms with Crippen molar-refractivity contribution in [2.75, 3.05) is 37.5 Å². The summed E-state index contributed by atoms with van der Waals surface area (Å²) in [6.07, 6.45) is 2.34. The van der Waals surface area contributed by atoms with Gasteiger partial charge < -0.3 is 4.74 Å². The Morgan fingerprint density at radius 1 is 1.57 bits per heavy atom. The van der Waals surface area contributed by atoms with Gasteiger partial charge in [-0.3, -0.25) is 4.90 Å². The zero-order chi connectivity index (χ0) is 10.6. The quantitative estimate of drug-likeness (QED) is 0.695. The lowest BCUT2D eigenvalue weighted by molar-refractivity contribution is -0.125. The van der Waals surface area contributed by atoms with E-state index in [2.05, 4.69) is 25.0 Å². The molecule has 0 aromatic carbocycles. The van der Waals surface area contributed by atoms with Crippen LogP contribution < -0.4 is 0 Å². The van der Waals surface area contributed by atoms with E-state index in [1.165, 1.54) is 5.75 Å². The first-order valence-corrected chi connectivity index (χ1v) is 6.95. The topological polar surface area (TPSA) is 12.5 Å². The van der Waals surface area contributed by atoms with Gasteiger partial charge in [0.05, 0.1) is 11.7 Å². The summed E-state index contributed by atoms with van der Waals surface area (Å²) in [5.41, 5.74) is -0.0454. The molecule has 1 saturated heterocycles. The van der Waals surface area contributed by atoms with Crippen LogP contribution in [0.3, 0.4) is 0 Å². The molecule has 4 heteroatoms. The zero-order valence-electron chi connectivity index (χ0n) is 9.25. The molecule has 1 heterocycles. The molecule has 14 heavy (non-hydrogen) atoms. The van der Waals surface area contributed by atoms with Crippen molar-refractivity contribution in [1.29, 1.82) is 0 Å². The molecular weight excluding hydrogens is 218 g/mol. The van der Waals surface area contributed by atoms with E-state index in [0.29, 0.717) is 5.88 Å². The maximum absolute atomic E-state index is 5.85. The summed E-state index contributed by atoms with van der Waals surface area (Å²) in [7, 11) is 0. The average molecular weight is 238 g/mol. The number of morpholine rings is 1. The third-order valence-electron chi connectivity index (χ3n) is 2.34. The van der Waals surface area contributed by atoms with Gasteiger partial charge in [-0.2, -0.15) is 11.8 Å². The summed E-state index contributed by atoms with van der Waals surface area (Å²) < 4.78 is 5.85. The van der Waals surface area contributed by atoms with Gasteiger partial charge in [-0.05, 0) is 20.1 Å². The Balaban J connectivity index is 2.43. The van der Waals surface area contributed by atoms with Crippen LogP contribution in [0.5, 0.6) is 0 Å². The molecule has 1 aliphatic heterocycles. The minimum Gasteiger partial charge on any atom is -0.368 e. The molecule has 0 spiro atoms. The van der Waals surface area contributed by atoms with E-state index in [1.54, 1.807) is 0 Å². The monoisotopic (exact) mass is 237 g/mol.